The van der Waals surface area contributed by atoms with E-state index in [1.165, 1.54) is 4.90 Å². The Morgan fingerprint density at radius 3 is 2.37 bits per heavy atom. The standard InChI is InChI=1S/C22H22F6N6O3.ClH/c23-13-8-15(25)14(24)6-11(13)5-12(29)7-18(36)32-3-4-34-16(9-32)19(31-21(34)22(26,27)28)20(37)33-2-1-30-17(35)10-33;/h6,8,12H,1-5,7,9-10,29H2,(H,30,35);1H/t12-;/m1./s1. The molecule has 1 fully saturated rings. The normalized spacial score (nSPS) is 16.4. The van der Waals surface area contributed by atoms with E-state index in [0.717, 1.165) is 9.47 Å². The summed E-state index contributed by atoms with van der Waals surface area (Å²) in [6.45, 7) is -0.954. The van der Waals surface area contributed by atoms with Crippen molar-refractivity contribution in [2.24, 2.45) is 5.73 Å². The molecule has 3 amide bonds. The minimum atomic E-state index is -4.87. The van der Waals surface area contributed by atoms with Crippen molar-refractivity contribution in [3.05, 3.63) is 52.4 Å². The molecular formula is C22H23ClF6N6O3. The maximum absolute atomic E-state index is 13.9. The van der Waals surface area contributed by atoms with Crippen molar-refractivity contribution in [1.82, 2.24) is 24.7 Å². The fraction of sp³-hybridized carbons (Fsp3) is 0.455. The van der Waals surface area contributed by atoms with Gasteiger partial charge in [0.1, 0.15) is 5.82 Å². The Bertz CT molecular complexity index is 1250. The maximum Gasteiger partial charge on any atom is 0.449 e. The number of carbonyl (C=O) groups excluding carboxylic acids is 3. The van der Waals surface area contributed by atoms with E-state index < -0.39 is 58.9 Å². The molecule has 1 atom stereocenters. The molecule has 2 aliphatic heterocycles. The van der Waals surface area contributed by atoms with E-state index in [4.69, 9.17) is 5.73 Å². The minimum absolute atomic E-state index is 0. The summed E-state index contributed by atoms with van der Waals surface area (Å²) < 4.78 is 82.2. The zero-order valence-corrected chi connectivity index (χ0v) is 20.5. The van der Waals surface area contributed by atoms with Gasteiger partial charge in [0.2, 0.25) is 17.6 Å². The number of benzene rings is 1. The van der Waals surface area contributed by atoms with E-state index in [1.54, 1.807) is 0 Å². The highest BCUT2D eigenvalue weighted by Crippen LogP contribution is 2.33. The highest BCUT2D eigenvalue weighted by atomic mass is 35.5. The summed E-state index contributed by atoms with van der Waals surface area (Å²) in [5.41, 5.74) is 5.04. The molecule has 208 valence electrons. The van der Waals surface area contributed by atoms with E-state index in [1.807, 2.05) is 0 Å². The van der Waals surface area contributed by atoms with E-state index in [2.05, 4.69) is 10.3 Å². The molecular weight excluding hydrogens is 546 g/mol. The molecule has 1 aromatic heterocycles. The molecule has 0 radical (unpaired) electrons. The summed E-state index contributed by atoms with van der Waals surface area (Å²) in [4.78, 5) is 43.3. The Balaban J connectivity index is 0.00000400. The van der Waals surface area contributed by atoms with Crippen molar-refractivity contribution in [2.45, 2.75) is 38.1 Å². The number of amides is 3. The van der Waals surface area contributed by atoms with Gasteiger partial charge < -0.3 is 25.4 Å². The van der Waals surface area contributed by atoms with Crippen LogP contribution in [0.1, 0.15) is 34.0 Å². The number of imidazole rings is 1. The number of nitrogens with two attached hydrogens (primary N) is 1. The van der Waals surface area contributed by atoms with Gasteiger partial charge in [-0.1, -0.05) is 0 Å². The smallest absolute Gasteiger partial charge is 0.353 e. The Morgan fingerprint density at radius 2 is 1.71 bits per heavy atom. The quantitative estimate of drug-likeness (QED) is 0.420. The van der Waals surface area contributed by atoms with Crippen LogP contribution in [0.25, 0.3) is 0 Å². The molecule has 0 spiro atoms. The summed E-state index contributed by atoms with van der Waals surface area (Å²) >= 11 is 0. The van der Waals surface area contributed by atoms with Crippen LogP contribution in [-0.2, 0) is 35.3 Å². The van der Waals surface area contributed by atoms with Gasteiger partial charge in [0, 0.05) is 44.7 Å². The third kappa shape index (κ3) is 6.04. The molecule has 0 unspecified atom stereocenters. The number of aromatic nitrogens is 2. The molecule has 3 N–H and O–H groups in total. The second-order valence-electron chi connectivity index (χ2n) is 8.80. The average molecular weight is 569 g/mol. The lowest BCUT2D eigenvalue weighted by Crippen LogP contribution is -2.50. The summed E-state index contributed by atoms with van der Waals surface area (Å²) in [5, 5.41) is 2.51. The number of piperazine rings is 1. The van der Waals surface area contributed by atoms with Gasteiger partial charge in [-0.3, -0.25) is 14.4 Å². The van der Waals surface area contributed by atoms with Gasteiger partial charge in [-0.25, -0.2) is 18.2 Å². The molecule has 16 heteroatoms. The predicted molar refractivity (Wildman–Crippen MR) is 121 cm³/mol. The number of hydrogen-bond acceptors (Lipinski definition) is 5. The van der Waals surface area contributed by atoms with Crippen molar-refractivity contribution < 1.29 is 40.7 Å². The Hall–Kier alpha value is -3.33. The third-order valence-electron chi connectivity index (χ3n) is 6.15. The number of halogens is 7. The van der Waals surface area contributed by atoms with Crippen molar-refractivity contribution in [1.29, 1.82) is 0 Å². The Morgan fingerprint density at radius 1 is 1.03 bits per heavy atom. The number of nitrogens with one attached hydrogen (secondary N) is 1. The number of carbonyl (C=O) groups is 3. The molecule has 3 heterocycles. The second-order valence-corrected chi connectivity index (χ2v) is 8.80. The third-order valence-corrected chi connectivity index (χ3v) is 6.15. The lowest BCUT2D eigenvalue weighted by Gasteiger charge is -2.31. The first kappa shape index (κ1) is 29.2. The molecule has 2 aromatic rings. The Labute approximate surface area is 218 Å². The zero-order valence-electron chi connectivity index (χ0n) is 19.7. The number of fused-ring (bicyclic) bond motifs is 1. The summed E-state index contributed by atoms with van der Waals surface area (Å²) in [5.74, 6) is -6.89. The lowest BCUT2D eigenvalue weighted by molar-refractivity contribution is -0.148. The van der Waals surface area contributed by atoms with Crippen LogP contribution in [0.15, 0.2) is 12.1 Å². The van der Waals surface area contributed by atoms with Crippen molar-refractivity contribution in [2.75, 3.05) is 26.2 Å². The number of rotatable bonds is 5. The Kier molecular flexibility index (Phi) is 8.61. The van der Waals surface area contributed by atoms with Crippen LogP contribution >= 0.6 is 12.4 Å². The van der Waals surface area contributed by atoms with Gasteiger partial charge in [0.25, 0.3) is 5.91 Å². The predicted octanol–water partition coefficient (Wildman–Crippen LogP) is 1.62. The first-order valence-corrected chi connectivity index (χ1v) is 11.2. The van der Waals surface area contributed by atoms with Crippen LogP contribution in [0.5, 0.6) is 0 Å². The number of hydrogen-bond donors (Lipinski definition) is 2. The molecule has 2 aliphatic rings. The molecule has 0 aliphatic carbocycles. The van der Waals surface area contributed by atoms with Crippen molar-refractivity contribution in [3.63, 3.8) is 0 Å². The highest BCUT2D eigenvalue weighted by Gasteiger charge is 2.42. The van der Waals surface area contributed by atoms with Crippen molar-refractivity contribution >= 4 is 30.1 Å². The second kappa shape index (κ2) is 11.2. The van der Waals surface area contributed by atoms with Gasteiger partial charge in [-0.15, -0.1) is 12.4 Å². The van der Waals surface area contributed by atoms with E-state index >= 15 is 0 Å². The van der Waals surface area contributed by atoms with Crippen LogP contribution in [0.2, 0.25) is 0 Å². The summed E-state index contributed by atoms with van der Waals surface area (Å²) in [6, 6.07) is 0.0111. The minimum Gasteiger partial charge on any atom is -0.353 e. The highest BCUT2D eigenvalue weighted by molar-refractivity contribution is 5.96. The fourth-order valence-corrected chi connectivity index (χ4v) is 4.36. The molecule has 1 saturated heterocycles. The first-order chi connectivity index (χ1) is 17.3. The van der Waals surface area contributed by atoms with Gasteiger partial charge in [-0.05, 0) is 18.1 Å². The maximum atomic E-state index is 13.9. The molecule has 1 aromatic carbocycles. The zero-order chi connectivity index (χ0) is 27.1. The van der Waals surface area contributed by atoms with Crippen LogP contribution in [-0.4, -0.2) is 69.3 Å². The monoisotopic (exact) mass is 568 g/mol. The average Bonchev–Trinajstić information content (AvgIpc) is 3.21. The van der Waals surface area contributed by atoms with Crippen LogP contribution < -0.4 is 11.1 Å². The topological polar surface area (TPSA) is 114 Å². The molecule has 0 saturated carbocycles. The van der Waals surface area contributed by atoms with Gasteiger partial charge in [0.15, 0.2) is 17.3 Å². The number of alkyl halides is 3. The molecule has 4 rings (SSSR count). The van der Waals surface area contributed by atoms with E-state index in [9.17, 15) is 40.7 Å². The van der Waals surface area contributed by atoms with E-state index in [-0.39, 0.29) is 75.8 Å². The molecule has 9 nitrogen and oxygen atoms in total. The number of nitrogens with zero attached hydrogens (tertiary/aromatic N) is 4. The first-order valence-electron chi connectivity index (χ1n) is 11.2. The van der Waals surface area contributed by atoms with Gasteiger partial charge in [0.05, 0.1) is 18.8 Å². The largest absolute Gasteiger partial charge is 0.449 e. The van der Waals surface area contributed by atoms with Crippen molar-refractivity contribution in [3.8, 4) is 0 Å². The van der Waals surface area contributed by atoms with Crippen LogP contribution in [0, 0.1) is 17.5 Å². The van der Waals surface area contributed by atoms with Gasteiger partial charge in [-0.2, -0.15) is 13.2 Å². The fourth-order valence-electron chi connectivity index (χ4n) is 4.36. The molecule has 38 heavy (non-hydrogen) atoms. The lowest BCUT2D eigenvalue weighted by atomic mass is 10.0. The van der Waals surface area contributed by atoms with Crippen LogP contribution in [0.3, 0.4) is 0 Å². The summed E-state index contributed by atoms with van der Waals surface area (Å²) in [6.07, 6.45) is -5.52. The molecule has 0 bridgehead atoms. The van der Waals surface area contributed by atoms with Crippen LogP contribution in [0.4, 0.5) is 26.3 Å². The van der Waals surface area contributed by atoms with Gasteiger partial charge >= 0.3 is 6.18 Å². The summed E-state index contributed by atoms with van der Waals surface area (Å²) in [7, 11) is 0. The SMILES string of the molecule is Cl.N[C@@H](CC(=O)N1CCn2c(C(F)(F)F)nc(C(=O)N3CCNC(=O)C3)c2C1)Cc1cc(F)c(F)cc1F. The van der Waals surface area contributed by atoms with E-state index in [0.29, 0.717) is 12.1 Å².